The van der Waals surface area contributed by atoms with Crippen LogP contribution in [0, 0.1) is 0 Å². The molecule has 1 aliphatic rings. The predicted molar refractivity (Wildman–Crippen MR) is 90.6 cm³/mol. The summed E-state index contributed by atoms with van der Waals surface area (Å²) >= 11 is 0. The van der Waals surface area contributed by atoms with Gasteiger partial charge in [0.25, 0.3) is 5.91 Å². The second-order valence-electron chi connectivity index (χ2n) is 5.99. The van der Waals surface area contributed by atoms with Crippen LogP contribution >= 0.6 is 0 Å². The Morgan fingerprint density at radius 2 is 1.74 bits per heavy atom. The molecule has 0 N–H and O–H groups in total. The fourth-order valence-corrected chi connectivity index (χ4v) is 3.61. The van der Waals surface area contributed by atoms with E-state index in [2.05, 4.69) is 0 Å². The first-order valence-electron chi connectivity index (χ1n) is 7.59. The molecule has 0 fully saturated rings. The lowest BCUT2D eigenvalue weighted by atomic mass is 9.96. The van der Waals surface area contributed by atoms with E-state index < -0.39 is 9.84 Å². The van der Waals surface area contributed by atoms with Crippen LogP contribution in [0.3, 0.4) is 0 Å². The maximum Gasteiger partial charge on any atom is 0.258 e. The molecule has 0 radical (unpaired) electrons. The topological polar surface area (TPSA) is 54.5 Å². The third-order valence-electron chi connectivity index (χ3n) is 4.27. The molecule has 1 unspecified atom stereocenters. The molecule has 5 heteroatoms. The number of rotatable bonds is 2. The molecule has 4 nitrogen and oxygen atoms in total. The van der Waals surface area contributed by atoms with Crippen molar-refractivity contribution in [1.29, 1.82) is 0 Å². The van der Waals surface area contributed by atoms with Gasteiger partial charge in [0, 0.05) is 23.5 Å². The SMILES string of the molecule is CC1CCc2ccccc2N1C(=O)c1ccc(S(C)(=O)=O)cc1. The summed E-state index contributed by atoms with van der Waals surface area (Å²) in [4.78, 5) is 14.9. The van der Waals surface area contributed by atoms with Crippen molar-refractivity contribution < 1.29 is 13.2 Å². The highest BCUT2D eigenvalue weighted by Crippen LogP contribution is 2.31. The molecule has 0 saturated carbocycles. The van der Waals surface area contributed by atoms with Crippen LogP contribution in [0.15, 0.2) is 53.4 Å². The Bertz CT molecular complexity index is 841. The van der Waals surface area contributed by atoms with E-state index in [1.165, 1.54) is 17.7 Å². The van der Waals surface area contributed by atoms with Gasteiger partial charge in [0.15, 0.2) is 9.84 Å². The fourth-order valence-electron chi connectivity index (χ4n) is 2.98. The number of hydrogen-bond donors (Lipinski definition) is 0. The Labute approximate surface area is 136 Å². The molecule has 1 atom stereocenters. The monoisotopic (exact) mass is 329 g/mol. The van der Waals surface area contributed by atoms with Gasteiger partial charge in [-0.15, -0.1) is 0 Å². The fraction of sp³-hybridized carbons (Fsp3) is 0.278. The largest absolute Gasteiger partial charge is 0.305 e. The number of para-hydroxylation sites is 1. The number of fused-ring (bicyclic) bond motifs is 1. The lowest BCUT2D eigenvalue weighted by molar-refractivity contribution is 0.0975. The van der Waals surface area contributed by atoms with Crippen LogP contribution in [0.2, 0.25) is 0 Å². The highest BCUT2D eigenvalue weighted by molar-refractivity contribution is 7.90. The average molecular weight is 329 g/mol. The number of aryl methyl sites for hydroxylation is 1. The zero-order valence-corrected chi connectivity index (χ0v) is 14.0. The van der Waals surface area contributed by atoms with Gasteiger partial charge in [-0.25, -0.2) is 8.42 Å². The predicted octanol–water partition coefficient (Wildman–Crippen LogP) is 3.07. The van der Waals surface area contributed by atoms with E-state index in [1.807, 2.05) is 36.1 Å². The summed E-state index contributed by atoms with van der Waals surface area (Å²) in [5.74, 6) is -0.0929. The molecule has 1 aliphatic heterocycles. The molecule has 1 amide bonds. The average Bonchev–Trinajstić information content (AvgIpc) is 2.53. The second kappa shape index (κ2) is 5.81. The van der Waals surface area contributed by atoms with Crippen molar-refractivity contribution in [3.05, 3.63) is 59.7 Å². The maximum atomic E-state index is 12.9. The van der Waals surface area contributed by atoms with E-state index >= 15 is 0 Å². The minimum atomic E-state index is -3.25. The van der Waals surface area contributed by atoms with Crippen LogP contribution in [0.25, 0.3) is 0 Å². The van der Waals surface area contributed by atoms with Crippen molar-refractivity contribution >= 4 is 21.4 Å². The van der Waals surface area contributed by atoms with Gasteiger partial charge in [-0.3, -0.25) is 4.79 Å². The van der Waals surface area contributed by atoms with Gasteiger partial charge in [0.2, 0.25) is 0 Å². The summed E-state index contributed by atoms with van der Waals surface area (Å²) in [6.45, 7) is 2.04. The van der Waals surface area contributed by atoms with Gasteiger partial charge in [-0.05, 0) is 55.7 Å². The minimum Gasteiger partial charge on any atom is -0.305 e. The number of benzene rings is 2. The Balaban J connectivity index is 1.97. The summed E-state index contributed by atoms with van der Waals surface area (Å²) < 4.78 is 23.1. The van der Waals surface area contributed by atoms with E-state index in [4.69, 9.17) is 0 Å². The van der Waals surface area contributed by atoms with Crippen molar-refractivity contribution in [2.24, 2.45) is 0 Å². The lowest BCUT2D eigenvalue weighted by Gasteiger charge is -2.35. The number of carbonyl (C=O) groups excluding carboxylic acids is 1. The number of nitrogens with zero attached hydrogens (tertiary/aromatic N) is 1. The standard InChI is InChI=1S/C18H19NO3S/c1-13-7-8-14-5-3-4-6-17(14)19(13)18(20)15-9-11-16(12-10-15)23(2,21)22/h3-6,9-13H,7-8H2,1-2H3. The molecule has 1 heterocycles. The zero-order chi connectivity index (χ0) is 16.6. The summed E-state index contributed by atoms with van der Waals surface area (Å²) in [5, 5.41) is 0. The number of anilines is 1. The molecule has 0 aliphatic carbocycles. The molecule has 0 saturated heterocycles. The normalized spacial score (nSPS) is 17.7. The van der Waals surface area contributed by atoms with Crippen LogP contribution < -0.4 is 4.90 Å². The molecular weight excluding hydrogens is 310 g/mol. The van der Waals surface area contributed by atoms with Crippen LogP contribution in [0.1, 0.15) is 29.3 Å². The molecule has 2 aromatic rings. The van der Waals surface area contributed by atoms with Crippen LogP contribution in [0.5, 0.6) is 0 Å². The molecule has 120 valence electrons. The van der Waals surface area contributed by atoms with Crippen molar-refractivity contribution in [3.8, 4) is 0 Å². The first-order chi connectivity index (χ1) is 10.9. The number of amides is 1. The highest BCUT2D eigenvalue weighted by atomic mass is 32.2. The second-order valence-corrected chi connectivity index (χ2v) is 8.00. The quantitative estimate of drug-likeness (QED) is 0.851. The van der Waals surface area contributed by atoms with Crippen molar-refractivity contribution in [3.63, 3.8) is 0 Å². The van der Waals surface area contributed by atoms with E-state index in [9.17, 15) is 13.2 Å². The van der Waals surface area contributed by atoms with Gasteiger partial charge in [0.05, 0.1) is 4.90 Å². The summed E-state index contributed by atoms with van der Waals surface area (Å²) in [6, 6.07) is 14.2. The molecule has 0 aromatic heterocycles. The first-order valence-corrected chi connectivity index (χ1v) is 9.48. The van der Waals surface area contributed by atoms with Gasteiger partial charge < -0.3 is 4.90 Å². The summed E-state index contributed by atoms with van der Waals surface area (Å²) in [6.07, 6.45) is 3.05. The summed E-state index contributed by atoms with van der Waals surface area (Å²) in [5.41, 5.74) is 2.62. The number of sulfone groups is 1. The summed E-state index contributed by atoms with van der Waals surface area (Å²) in [7, 11) is -3.25. The molecular formula is C18H19NO3S. The van der Waals surface area contributed by atoms with Crippen LogP contribution in [-0.2, 0) is 16.3 Å². The third kappa shape index (κ3) is 3.01. The van der Waals surface area contributed by atoms with Crippen molar-refractivity contribution in [2.45, 2.75) is 30.7 Å². The Morgan fingerprint density at radius 1 is 1.09 bits per heavy atom. The third-order valence-corrected chi connectivity index (χ3v) is 5.40. The van der Waals surface area contributed by atoms with E-state index in [1.54, 1.807) is 12.1 Å². The van der Waals surface area contributed by atoms with Gasteiger partial charge >= 0.3 is 0 Å². The van der Waals surface area contributed by atoms with Gasteiger partial charge in [-0.2, -0.15) is 0 Å². The van der Waals surface area contributed by atoms with Crippen molar-refractivity contribution in [2.75, 3.05) is 11.2 Å². The molecule has 23 heavy (non-hydrogen) atoms. The Hall–Kier alpha value is -2.14. The van der Waals surface area contributed by atoms with Crippen LogP contribution in [0.4, 0.5) is 5.69 Å². The smallest absolute Gasteiger partial charge is 0.258 e. The molecule has 0 spiro atoms. The Morgan fingerprint density at radius 3 is 2.39 bits per heavy atom. The maximum absolute atomic E-state index is 12.9. The van der Waals surface area contributed by atoms with E-state index in [0.717, 1.165) is 24.8 Å². The van der Waals surface area contributed by atoms with Gasteiger partial charge in [0.1, 0.15) is 0 Å². The first kappa shape index (κ1) is 15.7. The van der Waals surface area contributed by atoms with Gasteiger partial charge in [-0.1, -0.05) is 18.2 Å². The van der Waals surface area contributed by atoms with E-state index in [0.29, 0.717) is 5.56 Å². The molecule has 3 rings (SSSR count). The highest BCUT2D eigenvalue weighted by Gasteiger charge is 2.28. The number of carbonyl (C=O) groups is 1. The number of hydrogen-bond acceptors (Lipinski definition) is 3. The zero-order valence-electron chi connectivity index (χ0n) is 13.2. The van der Waals surface area contributed by atoms with E-state index in [-0.39, 0.29) is 16.8 Å². The molecule has 2 aromatic carbocycles. The van der Waals surface area contributed by atoms with Crippen molar-refractivity contribution in [1.82, 2.24) is 0 Å². The lowest BCUT2D eigenvalue weighted by Crippen LogP contribution is -2.42. The van der Waals surface area contributed by atoms with Crippen LogP contribution in [-0.4, -0.2) is 26.6 Å². The minimum absolute atomic E-state index is 0.0929. The molecule has 0 bridgehead atoms. The Kier molecular flexibility index (Phi) is 3.98.